The Hall–Kier alpha value is -0.610. The molecule has 0 aromatic carbocycles. The number of nitrogens with zero attached hydrogens (tertiary/aromatic N) is 2. The third-order valence-electron chi connectivity index (χ3n) is 2.65. The van der Waals surface area contributed by atoms with Crippen LogP contribution in [0.25, 0.3) is 0 Å². The monoisotopic (exact) mass is 269 g/mol. The number of hydrogen-bond acceptors (Lipinski definition) is 3. The number of nitrogens with one attached hydrogen (secondary N) is 1. The first-order valence-electron chi connectivity index (χ1n) is 5.27. The van der Waals surface area contributed by atoms with Crippen molar-refractivity contribution in [3.63, 3.8) is 0 Å². The number of piperazine rings is 1. The summed E-state index contributed by atoms with van der Waals surface area (Å²) in [5.41, 5.74) is 1.24. The van der Waals surface area contributed by atoms with Crippen LogP contribution in [0.3, 0.4) is 0 Å². The molecule has 1 aliphatic rings. The van der Waals surface area contributed by atoms with E-state index in [0.717, 1.165) is 17.6 Å². The van der Waals surface area contributed by atoms with Gasteiger partial charge in [-0.05, 0) is 35.8 Å². The van der Waals surface area contributed by atoms with E-state index in [1.165, 1.54) is 5.69 Å². The normalized spacial score (nSPS) is 26.7. The smallest absolute Gasteiger partial charge is 0.0592 e. The van der Waals surface area contributed by atoms with E-state index in [2.05, 4.69) is 51.0 Å². The Balaban J connectivity index is 2.20. The summed E-state index contributed by atoms with van der Waals surface area (Å²) >= 11 is 3.55. The highest BCUT2D eigenvalue weighted by Gasteiger charge is 2.22. The molecule has 1 saturated heterocycles. The second-order valence-corrected chi connectivity index (χ2v) is 5.06. The molecule has 0 bridgehead atoms. The fourth-order valence-electron chi connectivity index (χ4n) is 2.15. The van der Waals surface area contributed by atoms with E-state index in [0.29, 0.717) is 12.1 Å². The lowest BCUT2D eigenvalue weighted by atomic mass is 10.1. The Morgan fingerprint density at radius 3 is 2.67 bits per heavy atom. The van der Waals surface area contributed by atoms with E-state index < -0.39 is 0 Å². The van der Waals surface area contributed by atoms with Gasteiger partial charge in [-0.2, -0.15) is 0 Å². The standard InChI is InChI=1S/C11H16BrN3/c1-8-6-15(7-9(2)14-8)11-3-4-13-5-10(11)12/h3-5,8-9,14H,6-7H2,1-2H3. The van der Waals surface area contributed by atoms with Gasteiger partial charge < -0.3 is 10.2 Å². The van der Waals surface area contributed by atoms with Crippen LogP contribution in [0.5, 0.6) is 0 Å². The zero-order valence-corrected chi connectivity index (χ0v) is 10.7. The molecule has 1 aromatic heterocycles. The first kappa shape index (κ1) is 10.9. The fraction of sp³-hybridized carbons (Fsp3) is 0.545. The van der Waals surface area contributed by atoms with Crippen molar-refractivity contribution in [1.82, 2.24) is 10.3 Å². The highest BCUT2D eigenvalue weighted by atomic mass is 79.9. The second kappa shape index (κ2) is 4.49. The molecular weight excluding hydrogens is 254 g/mol. The molecular formula is C11H16BrN3. The van der Waals surface area contributed by atoms with Crippen molar-refractivity contribution in [2.75, 3.05) is 18.0 Å². The Kier molecular flexibility index (Phi) is 3.26. The molecule has 3 nitrogen and oxygen atoms in total. The van der Waals surface area contributed by atoms with E-state index in [4.69, 9.17) is 0 Å². The summed E-state index contributed by atoms with van der Waals surface area (Å²) in [5, 5.41) is 3.53. The SMILES string of the molecule is CC1CN(c2ccncc2Br)CC(C)N1. The van der Waals surface area contributed by atoms with Gasteiger partial charge in [0.25, 0.3) is 0 Å². The van der Waals surface area contributed by atoms with Gasteiger partial charge in [0.1, 0.15) is 0 Å². The largest absolute Gasteiger partial charge is 0.367 e. The molecule has 2 atom stereocenters. The molecule has 0 radical (unpaired) electrons. The van der Waals surface area contributed by atoms with E-state index in [-0.39, 0.29) is 0 Å². The summed E-state index contributed by atoms with van der Waals surface area (Å²) in [6, 6.07) is 3.14. The van der Waals surface area contributed by atoms with Gasteiger partial charge in [0.2, 0.25) is 0 Å². The molecule has 2 unspecified atom stereocenters. The molecule has 0 aliphatic carbocycles. The molecule has 1 aromatic rings. The average molecular weight is 270 g/mol. The summed E-state index contributed by atoms with van der Waals surface area (Å²) in [7, 11) is 0. The predicted octanol–water partition coefficient (Wildman–Crippen LogP) is 2.03. The van der Waals surface area contributed by atoms with Crippen molar-refractivity contribution in [3.8, 4) is 0 Å². The first-order valence-corrected chi connectivity index (χ1v) is 6.06. The third-order valence-corrected chi connectivity index (χ3v) is 3.26. The van der Waals surface area contributed by atoms with Crippen LogP contribution in [0.1, 0.15) is 13.8 Å². The van der Waals surface area contributed by atoms with Gasteiger partial charge in [-0.25, -0.2) is 0 Å². The van der Waals surface area contributed by atoms with Gasteiger partial charge >= 0.3 is 0 Å². The zero-order chi connectivity index (χ0) is 10.8. The van der Waals surface area contributed by atoms with Crippen LogP contribution < -0.4 is 10.2 Å². The number of anilines is 1. The summed E-state index contributed by atoms with van der Waals surface area (Å²) in [5.74, 6) is 0. The Bertz CT molecular complexity index is 332. The molecule has 1 N–H and O–H groups in total. The number of rotatable bonds is 1. The van der Waals surface area contributed by atoms with Crippen molar-refractivity contribution in [2.24, 2.45) is 0 Å². The molecule has 2 rings (SSSR count). The Morgan fingerprint density at radius 1 is 1.40 bits per heavy atom. The summed E-state index contributed by atoms with van der Waals surface area (Å²) in [4.78, 5) is 6.49. The van der Waals surface area contributed by atoms with E-state index >= 15 is 0 Å². The molecule has 1 fully saturated rings. The summed E-state index contributed by atoms with van der Waals surface area (Å²) in [6.45, 7) is 6.54. The van der Waals surface area contributed by atoms with Crippen LogP contribution in [0.15, 0.2) is 22.9 Å². The fourth-order valence-corrected chi connectivity index (χ4v) is 2.65. The Labute approximate surface area is 99.0 Å². The maximum absolute atomic E-state index is 4.09. The maximum Gasteiger partial charge on any atom is 0.0592 e. The van der Waals surface area contributed by atoms with Crippen molar-refractivity contribution in [2.45, 2.75) is 25.9 Å². The van der Waals surface area contributed by atoms with Gasteiger partial charge in [-0.1, -0.05) is 0 Å². The third kappa shape index (κ3) is 2.49. The molecule has 0 spiro atoms. The number of hydrogen-bond donors (Lipinski definition) is 1. The molecule has 4 heteroatoms. The highest BCUT2D eigenvalue weighted by molar-refractivity contribution is 9.10. The van der Waals surface area contributed by atoms with Gasteiger partial charge in [0.05, 0.1) is 10.2 Å². The van der Waals surface area contributed by atoms with Crippen LogP contribution in [0, 0.1) is 0 Å². The molecule has 82 valence electrons. The van der Waals surface area contributed by atoms with Crippen LogP contribution >= 0.6 is 15.9 Å². The Morgan fingerprint density at radius 2 is 2.07 bits per heavy atom. The van der Waals surface area contributed by atoms with Crippen molar-refractivity contribution in [1.29, 1.82) is 0 Å². The minimum Gasteiger partial charge on any atom is -0.367 e. The minimum atomic E-state index is 0.536. The van der Waals surface area contributed by atoms with Crippen LogP contribution in [0.2, 0.25) is 0 Å². The van der Waals surface area contributed by atoms with Crippen LogP contribution in [-0.2, 0) is 0 Å². The molecule has 1 aliphatic heterocycles. The van der Waals surface area contributed by atoms with E-state index in [1.807, 2.05) is 12.4 Å². The zero-order valence-electron chi connectivity index (χ0n) is 9.07. The number of aromatic nitrogens is 1. The molecule has 15 heavy (non-hydrogen) atoms. The summed E-state index contributed by atoms with van der Waals surface area (Å²) < 4.78 is 1.08. The predicted molar refractivity (Wildman–Crippen MR) is 66.2 cm³/mol. The van der Waals surface area contributed by atoms with Gasteiger partial charge in [0.15, 0.2) is 0 Å². The lowest BCUT2D eigenvalue weighted by Crippen LogP contribution is -2.54. The summed E-state index contributed by atoms with van der Waals surface area (Å²) in [6.07, 6.45) is 3.70. The molecule has 2 heterocycles. The van der Waals surface area contributed by atoms with Crippen LogP contribution in [-0.4, -0.2) is 30.2 Å². The number of halogens is 1. The van der Waals surface area contributed by atoms with Crippen molar-refractivity contribution < 1.29 is 0 Å². The highest BCUT2D eigenvalue weighted by Crippen LogP contribution is 2.26. The number of pyridine rings is 1. The average Bonchev–Trinajstić information content (AvgIpc) is 2.16. The minimum absolute atomic E-state index is 0.536. The van der Waals surface area contributed by atoms with E-state index in [1.54, 1.807) is 0 Å². The van der Waals surface area contributed by atoms with Gasteiger partial charge in [-0.3, -0.25) is 4.98 Å². The van der Waals surface area contributed by atoms with Crippen LogP contribution in [0.4, 0.5) is 5.69 Å². The van der Waals surface area contributed by atoms with Crippen molar-refractivity contribution >= 4 is 21.6 Å². The maximum atomic E-state index is 4.09. The topological polar surface area (TPSA) is 28.2 Å². The quantitative estimate of drug-likeness (QED) is 0.846. The van der Waals surface area contributed by atoms with Gasteiger partial charge in [-0.15, -0.1) is 0 Å². The molecule has 0 amide bonds. The van der Waals surface area contributed by atoms with E-state index in [9.17, 15) is 0 Å². The lowest BCUT2D eigenvalue weighted by molar-refractivity contribution is 0.406. The lowest BCUT2D eigenvalue weighted by Gasteiger charge is -2.38. The van der Waals surface area contributed by atoms with Crippen molar-refractivity contribution in [3.05, 3.63) is 22.9 Å². The van der Waals surface area contributed by atoms with Gasteiger partial charge in [0, 0.05) is 37.6 Å². The first-order chi connectivity index (χ1) is 7.16. The second-order valence-electron chi connectivity index (χ2n) is 4.20. The molecule has 0 saturated carbocycles.